The van der Waals surface area contributed by atoms with Crippen LogP contribution in [0, 0.1) is 5.82 Å². The number of hydrogen-bond acceptors (Lipinski definition) is 3. The number of rotatable bonds is 2. The van der Waals surface area contributed by atoms with Crippen molar-refractivity contribution < 1.29 is 19.4 Å². The van der Waals surface area contributed by atoms with Crippen molar-refractivity contribution in [3.05, 3.63) is 29.8 Å². The minimum atomic E-state index is -1.07. The van der Waals surface area contributed by atoms with Gasteiger partial charge in [-0.3, -0.25) is 9.88 Å². The Balaban J connectivity index is 2.28. The summed E-state index contributed by atoms with van der Waals surface area (Å²) < 4.78 is 13.1. The fourth-order valence-corrected chi connectivity index (χ4v) is 2.71. The van der Waals surface area contributed by atoms with Gasteiger partial charge in [0, 0.05) is 17.3 Å². The van der Waals surface area contributed by atoms with Crippen molar-refractivity contribution in [2.45, 2.75) is 44.4 Å². The van der Waals surface area contributed by atoms with Crippen molar-refractivity contribution in [1.82, 2.24) is 9.88 Å². The molecule has 1 saturated heterocycles. The van der Waals surface area contributed by atoms with E-state index in [0.717, 1.165) is 6.20 Å². The van der Waals surface area contributed by atoms with Crippen molar-refractivity contribution in [1.29, 1.82) is 0 Å². The number of pyridine rings is 1. The van der Waals surface area contributed by atoms with E-state index in [9.17, 15) is 19.4 Å². The summed E-state index contributed by atoms with van der Waals surface area (Å²) in [6.07, 6.45) is 1.46. The molecule has 1 aliphatic heterocycles. The monoisotopic (exact) mass is 268 g/mol. The summed E-state index contributed by atoms with van der Waals surface area (Å²) in [5, 5.41) is 19.6. The molecule has 5 nitrogen and oxygen atoms in total. The number of hydrogen-bond donors (Lipinski definition) is 2. The molecule has 0 spiro atoms. The number of carbonyl (C=O) groups is 1. The van der Waals surface area contributed by atoms with Crippen LogP contribution in [0.5, 0.6) is 0 Å². The number of aliphatic hydroxyl groups is 1. The van der Waals surface area contributed by atoms with Gasteiger partial charge in [0.1, 0.15) is 11.9 Å². The number of amides is 1. The molecule has 104 valence electrons. The number of nitrogens with zero attached hydrogens (tertiary/aromatic N) is 2. The van der Waals surface area contributed by atoms with Crippen molar-refractivity contribution in [2.75, 3.05) is 0 Å². The van der Waals surface area contributed by atoms with Crippen LogP contribution in [-0.4, -0.2) is 37.8 Å². The van der Waals surface area contributed by atoms with Gasteiger partial charge in [-0.25, -0.2) is 9.18 Å². The van der Waals surface area contributed by atoms with Crippen LogP contribution in [0.25, 0.3) is 0 Å². The third kappa shape index (κ3) is 2.53. The lowest BCUT2D eigenvalue weighted by Gasteiger charge is -2.35. The van der Waals surface area contributed by atoms with E-state index in [0.29, 0.717) is 18.4 Å². The molecule has 0 saturated carbocycles. The molecule has 1 fully saturated rings. The number of likely N-dealkylation sites (tertiary alicyclic amines) is 1. The number of halogens is 1. The van der Waals surface area contributed by atoms with E-state index in [4.69, 9.17) is 0 Å². The molecule has 1 aromatic rings. The molecule has 0 bridgehead atoms. The minimum absolute atomic E-state index is 0.300. The summed E-state index contributed by atoms with van der Waals surface area (Å²) in [6.45, 7) is 3.63. The normalized spacial score (nSPS) is 23.4. The zero-order valence-electron chi connectivity index (χ0n) is 10.9. The van der Waals surface area contributed by atoms with Crippen LogP contribution in [0.15, 0.2) is 18.5 Å². The Hall–Kier alpha value is -1.69. The van der Waals surface area contributed by atoms with Crippen molar-refractivity contribution in [2.24, 2.45) is 0 Å². The zero-order valence-corrected chi connectivity index (χ0v) is 10.9. The van der Waals surface area contributed by atoms with Gasteiger partial charge >= 0.3 is 6.09 Å². The van der Waals surface area contributed by atoms with Crippen LogP contribution < -0.4 is 0 Å². The Labute approximate surface area is 110 Å². The summed E-state index contributed by atoms with van der Waals surface area (Å²) in [5.41, 5.74) is -0.230. The largest absolute Gasteiger partial charge is 0.465 e. The van der Waals surface area contributed by atoms with Gasteiger partial charge in [0.2, 0.25) is 0 Å². The lowest BCUT2D eigenvalue weighted by molar-refractivity contribution is 0.0359. The topological polar surface area (TPSA) is 73.7 Å². The van der Waals surface area contributed by atoms with Gasteiger partial charge in [-0.2, -0.15) is 0 Å². The lowest BCUT2D eigenvalue weighted by Crippen LogP contribution is -2.48. The van der Waals surface area contributed by atoms with Crippen molar-refractivity contribution in [3.63, 3.8) is 0 Å². The maximum Gasteiger partial charge on any atom is 0.408 e. The second-order valence-electron chi connectivity index (χ2n) is 5.45. The molecule has 2 atom stereocenters. The third-order valence-corrected chi connectivity index (χ3v) is 3.67. The highest BCUT2D eigenvalue weighted by Crippen LogP contribution is 2.39. The summed E-state index contributed by atoms with van der Waals surface area (Å²) in [5.74, 6) is -0.546. The molecule has 19 heavy (non-hydrogen) atoms. The number of carboxylic acid groups (broad SMARTS) is 1. The van der Waals surface area contributed by atoms with Crippen LogP contribution in [0.1, 0.15) is 38.4 Å². The molecule has 0 radical (unpaired) electrons. The van der Waals surface area contributed by atoms with Gasteiger partial charge in [0.25, 0.3) is 0 Å². The molecule has 1 aromatic heterocycles. The van der Waals surface area contributed by atoms with Gasteiger partial charge < -0.3 is 10.2 Å². The number of aromatic nitrogens is 1. The molecular formula is C13H17FN2O3. The predicted octanol–water partition coefficient (Wildman–Crippen LogP) is 2.18. The average molecular weight is 268 g/mol. The molecule has 1 aliphatic rings. The smallest absolute Gasteiger partial charge is 0.408 e. The molecular weight excluding hydrogens is 251 g/mol. The third-order valence-electron chi connectivity index (χ3n) is 3.67. The van der Waals surface area contributed by atoms with E-state index in [1.165, 1.54) is 17.2 Å². The Morgan fingerprint density at radius 2 is 2.26 bits per heavy atom. The van der Waals surface area contributed by atoms with Crippen LogP contribution in [0.3, 0.4) is 0 Å². The molecule has 2 rings (SSSR count). The maximum atomic E-state index is 13.1. The van der Waals surface area contributed by atoms with Crippen LogP contribution >= 0.6 is 0 Å². The quantitative estimate of drug-likeness (QED) is 0.862. The van der Waals surface area contributed by atoms with Gasteiger partial charge in [-0.15, -0.1) is 0 Å². The fourth-order valence-electron chi connectivity index (χ4n) is 2.71. The van der Waals surface area contributed by atoms with Gasteiger partial charge in [0.15, 0.2) is 0 Å². The average Bonchev–Trinajstić information content (AvgIpc) is 2.64. The summed E-state index contributed by atoms with van der Waals surface area (Å²) in [4.78, 5) is 16.3. The van der Waals surface area contributed by atoms with Crippen molar-refractivity contribution in [3.8, 4) is 0 Å². The second-order valence-corrected chi connectivity index (χ2v) is 5.45. The van der Waals surface area contributed by atoms with Crippen LogP contribution in [0.2, 0.25) is 0 Å². The Kier molecular flexibility index (Phi) is 3.45. The van der Waals surface area contributed by atoms with E-state index in [1.807, 2.05) is 13.8 Å². The van der Waals surface area contributed by atoms with Crippen LogP contribution in [-0.2, 0) is 0 Å². The fraction of sp³-hybridized carbons (Fsp3) is 0.538. The van der Waals surface area contributed by atoms with E-state index >= 15 is 0 Å². The van der Waals surface area contributed by atoms with E-state index in [-0.39, 0.29) is 0 Å². The highest BCUT2D eigenvalue weighted by molar-refractivity contribution is 5.67. The highest BCUT2D eigenvalue weighted by Gasteiger charge is 2.45. The first-order valence-corrected chi connectivity index (χ1v) is 6.14. The van der Waals surface area contributed by atoms with Crippen molar-refractivity contribution >= 4 is 6.09 Å². The predicted molar refractivity (Wildman–Crippen MR) is 66.1 cm³/mol. The first kappa shape index (κ1) is 13.7. The summed E-state index contributed by atoms with van der Waals surface area (Å²) >= 11 is 0. The molecule has 0 unspecified atom stereocenters. The lowest BCUT2D eigenvalue weighted by atomic mass is 10.0. The standard InChI is InChI=1S/C13H17FN2O3/c1-13(2)4-3-10(16(13)12(18)19)11(17)8-5-9(14)7-15-6-8/h5-7,10-11,17H,3-4H2,1-2H3,(H,18,19)/t10-,11-/m1/s1. The molecule has 0 aliphatic carbocycles. The Bertz CT molecular complexity index is 493. The summed E-state index contributed by atoms with van der Waals surface area (Å²) in [7, 11) is 0. The van der Waals surface area contributed by atoms with Gasteiger partial charge in [0.05, 0.1) is 12.2 Å². The van der Waals surface area contributed by atoms with E-state index in [2.05, 4.69) is 4.98 Å². The van der Waals surface area contributed by atoms with Gasteiger partial charge in [-0.1, -0.05) is 0 Å². The van der Waals surface area contributed by atoms with Crippen LogP contribution in [0.4, 0.5) is 9.18 Å². The zero-order chi connectivity index (χ0) is 14.2. The number of aliphatic hydroxyl groups excluding tert-OH is 1. The van der Waals surface area contributed by atoms with E-state index in [1.54, 1.807) is 0 Å². The Morgan fingerprint density at radius 3 is 2.84 bits per heavy atom. The molecule has 0 aromatic carbocycles. The molecule has 2 N–H and O–H groups in total. The summed E-state index contributed by atoms with van der Waals surface area (Å²) in [6, 6.07) is 0.610. The minimum Gasteiger partial charge on any atom is -0.465 e. The second kappa shape index (κ2) is 4.77. The first-order chi connectivity index (χ1) is 8.83. The maximum absolute atomic E-state index is 13.1. The van der Waals surface area contributed by atoms with Gasteiger partial charge in [-0.05, 0) is 32.8 Å². The highest BCUT2D eigenvalue weighted by atomic mass is 19.1. The molecule has 1 amide bonds. The molecule has 6 heteroatoms. The Morgan fingerprint density at radius 1 is 1.58 bits per heavy atom. The first-order valence-electron chi connectivity index (χ1n) is 6.14. The molecule has 2 heterocycles. The van der Waals surface area contributed by atoms with E-state index < -0.39 is 29.6 Å². The SMILES string of the molecule is CC1(C)CC[C@H]([C@H](O)c2cncc(F)c2)N1C(=O)O.